The number of Topliss-reactive ketones (excluding diaryl/α,β-unsaturated/α-hetero) is 1. The summed E-state index contributed by atoms with van der Waals surface area (Å²) in [5, 5.41) is 0. The maximum atomic E-state index is 12.5. The average molecular weight is 286 g/mol. The van der Waals surface area contributed by atoms with E-state index in [0.717, 1.165) is 18.8 Å². The molecule has 0 unspecified atom stereocenters. The highest BCUT2D eigenvalue weighted by molar-refractivity contribution is 5.83. The number of carbonyl (C=O) groups excluding carboxylic acids is 1. The predicted molar refractivity (Wildman–Crippen MR) is 89.5 cm³/mol. The van der Waals surface area contributed by atoms with Crippen LogP contribution in [0.3, 0.4) is 0 Å². The smallest absolute Gasteiger partial charge is 0.140 e. The van der Waals surface area contributed by atoms with Crippen molar-refractivity contribution in [1.29, 1.82) is 0 Å². The van der Waals surface area contributed by atoms with Crippen LogP contribution in [0.5, 0.6) is 0 Å². The van der Waals surface area contributed by atoms with Gasteiger partial charge in [0.05, 0.1) is 0 Å². The van der Waals surface area contributed by atoms with E-state index in [1.807, 2.05) is 0 Å². The van der Waals surface area contributed by atoms with Crippen molar-refractivity contribution in [3.05, 3.63) is 34.9 Å². The van der Waals surface area contributed by atoms with Crippen molar-refractivity contribution < 1.29 is 4.79 Å². The molecule has 0 aliphatic heterocycles. The highest BCUT2D eigenvalue weighted by Crippen LogP contribution is 2.40. The van der Waals surface area contributed by atoms with Crippen molar-refractivity contribution in [2.75, 3.05) is 0 Å². The van der Waals surface area contributed by atoms with E-state index in [9.17, 15) is 4.79 Å². The van der Waals surface area contributed by atoms with Gasteiger partial charge in [0.1, 0.15) is 5.78 Å². The molecule has 21 heavy (non-hydrogen) atoms. The monoisotopic (exact) mass is 286 g/mol. The molecule has 1 aliphatic rings. The summed E-state index contributed by atoms with van der Waals surface area (Å²) in [6.07, 6.45) is 5.23. The van der Waals surface area contributed by atoms with Gasteiger partial charge in [-0.3, -0.25) is 4.79 Å². The number of carbonyl (C=O) groups is 1. The number of benzene rings is 1. The molecule has 0 bridgehead atoms. The Hall–Kier alpha value is -1.11. The van der Waals surface area contributed by atoms with Crippen LogP contribution in [0.4, 0.5) is 0 Å². The molecule has 0 atom stereocenters. The Morgan fingerprint density at radius 1 is 1.00 bits per heavy atom. The third kappa shape index (κ3) is 4.43. The van der Waals surface area contributed by atoms with Gasteiger partial charge in [-0.1, -0.05) is 50.1 Å². The molecule has 1 aromatic carbocycles. The maximum absolute atomic E-state index is 12.5. The maximum Gasteiger partial charge on any atom is 0.140 e. The normalized spacial score (nSPS) is 23.1. The van der Waals surface area contributed by atoms with Crippen LogP contribution in [0.15, 0.2) is 18.2 Å². The van der Waals surface area contributed by atoms with Crippen LogP contribution in [0, 0.1) is 31.1 Å². The minimum absolute atomic E-state index is 0.296. The van der Waals surface area contributed by atoms with E-state index in [1.54, 1.807) is 0 Å². The topological polar surface area (TPSA) is 17.1 Å². The first-order valence-electron chi connectivity index (χ1n) is 8.35. The van der Waals surface area contributed by atoms with Crippen LogP contribution in [-0.4, -0.2) is 5.78 Å². The van der Waals surface area contributed by atoms with Gasteiger partial charge in [-0.25, -0.2) is 0 Å². The fraction of sp³-hybridized carbons (Fsp3) is 0.650. The number of ketones is 1. The molecule has 1 fully saturated rings. The standard InChI is InChI=1S/C20H30O/c1-14-10-15(2)12-16(11-14)13-19(21)17-6-8-18(9-7-17)20(3,4)5/h10-12,17-18H,6-9,13H2,1-5H3. The summed E-state index contributed by atoms with van der Waals surface area (Å²) in [5.74, 6) is 1.53. The number of hydrogen-bond donors (Lipinski definition) is 0. The highest BCUT2D eigenvalue weighted by Gasteiger charge is 2.32. The number of rotatable bonds is 3. The highest BCUT2D eigenvalue weighted by atomic mass is 16.1. The van der Waals surface area contributed by atoms with Crippen molar-refractivity contribution in [2.45, 2.75) is 66.7 Å². The van der Waals surface area contributed by atoms with Crippen molar-refractivity contribution in [1.82, 2.24) is 0 Å². The third-order valence-electron chi connectivity index (χ3n) is 5.07. The predicted octanol–water partition coefficient (Wildman–Crippen LogP) is 5.27. The van der Waals surface area contributed by atoms with Crippen LogP contribution in [0.25, 0.3) is 0 Å². The lowest BCUT2D eigenvalue weighted by Crippen LogP contribution is -2.29. The number of hydrogen-bond acceptors (Lipinski definition) is 1. The van der Waals surface area contributed by atoms with Crippen molar-refractivity contribution in [3.63, 3.8) is 0 Å². The Bertz CT molecular complexity index is 479. The zero-order valence-electron chi connectivity index (χ0n) is 14.3. The second-order valence-electron chi connectivity index (χ2n) is 8.05. The average Bonchev–Trinajstić information content (AvgIpc) is 2.36. The Kier molecular flexibility index (Phi) is 4.91. The molecule has 0 radical (unpaired) electrons. The Morgan fingerprint density at radius 2 is 1.52 bits per heavy atom. The second kappa shape index (κ2) is 6.34. The summed E-state index contributed by atoms with van der Waals surface area (Å²) in [6.45, 7) is 11.2. The first-order chi connectivity index (χ1) is 9.75. The molecule has 1 heteroatoms. The van der Waals surface area contributed by atoms with Crippen LogP contribution in [0.1, 0.15) is 63.1 Å². The van der Waals surface area contributed by atoms with E-state index in [2.05, 4.69) is 52.8 Å². The van der Waals surface area contributed by atoms with Crippen LogP contribution < -0.4 is 0 Å². The fourth-order valence-electron chi connectivity index (χ4n) is 3.80. The lowest BCUT2D eigenvalue weighted by atomic mass is 9.69. The van der Waals surface area contributed by atoms with Gasteiger partial charge in [-0.15, -0.1) is 0 Å². The lowest BCUT2D eigenvalue weighted by molar-refractivity contribution is -0.123. The molecule has 1 aliphatic carbocycles. The molecule has 0 aromatic heterocycles. The molecule has 1 nitrogen and oxygen atoms in total. The van der Waals surface area contributed by atoms with E-state index in [-0.39, 0.29) is 0 Å². The van der Waals surface area contributed by atoms with Gasteiger partial charge in [0.25, 0.3) is 0 Å². The molecule has 2 rings (SSSR count). The van der Waals surface area contributed by atoms with Gasteiger partial charge in [0, 0.05) is 12.3 Å². The van der Waals surface area contributed by atoms with Crippen LogP contribution in [-0.2, 0) is 11.2 Å². The lowest BCUT2D eigenvalue weighted by Gasteiger charge is -2.36. The summed E-state index contributed by atoms with van der Waals surface area (Å²) in [7, 11) is 0. The molecule has 0 spiro atoms. The molecule has 1 aromatic rings. The van der Waals surface area contributed by atoms with Gasteiger partial charge in [0.2, 0.25) is 0 Å². The van der Waals surface area contributed by atoms with Crippen LogP contribution in [0.2, 0.25) is 0 Å². The van der Waals surface area contributed by atoms with Crippen molar-refractivity contribution in [2.24, 2.45) is 17.3 Å². The molecule has 116 valence electrons. The van der Waals surface area contributed by atoms with E-state index in [4.69, 9.17) is 0 Å². The summed E-state index contributed by atoms with van der Waals surface area (Å²) in [4.78, 5) is 12.5. The second-order valence-corrected chi connectivity index (χ2v) is 8.05. The van der Waals surface area contributed by atoms with Gasteiger partial charge in [0.15, 0.2) is 0 Å². The minimum atomic E-state index is 0.296. The Labute approximate surface area is 130 Å². The molecule has 0 saturated heterocycles. The largest absolute Gasteiger partial charge is 0.299 e. The molecular formula is C20H30O. The summed E-state index contributed by atoms with van der Waals surface area (Å²) >= 11 is 0. The fourth-order valence-corrected chi connectivity index (χ4v) is 3.80. The zero-order valence-corrected chi connectivity index (χ0v) is 14.3. The molecule has 0 heterocycles. The summed E-state index contributed by atoms with van der Waals surface area (Å²) in [5.41, 5.74) is 4.10. The SMILES string of the molecule is Cc1cc(C)cc(CC(=O)C2CCC(C(C)(C)C)CC2)c1. The van der Waals surface area contributed by atoms with E-state index in [0.29, 0.717) is 23.5 Å². The Balaban J connectivity index is 1.93. The van der Waals surface area contributed by atoms with Gasteiger partial charge in [-0.2, -0.15) is 0 Å². The summed E-state index contributed by atoms with van der Waals surface area (Å²) in [6, 6.07) is 6.49. The van der Waals surface area contributed by atoms with E-state index in [1.165, 1.54) is 29.5 Å². The molecule has 1 saturated carbocycles. The van der Waals surface area contributed by atoms with Crippen LogP contribution >= 0.6 is 0 Å². The van der Waals surface area contributed by atoms with Crippen molar-refractivity contribution in [3.8, 4) is 0 Å². The molecule has 0 amide bonds. The quantitative estimate of drug-likeness (QED) is 0.740. The summed E-state index contributed by atoms with van der Waals surface area (Å²) < 4.78 is 0. The Morgan fingerprint density at radius 3 is 2.00 bits per heavy atom. The molecular weight excluding hydrogens is 256 g/mol. The van der Waals surface area contributed by atoms with Crippen molar-refractivity contribution >= 4 is 5.78 Å². The van der Waals surface area contributed by atoms with Gasteiger partial charge >= 0.3 is 0 Å². The number of aryl methyl sites for hydroxylation is 2. The van der Waals surface area contributed by atoms with Gasteiger partial charge < -0.3 is 0 Å². The van der Waals surface area contributed by atoms with E-state index < -0.39 is 0 Å². The van der Waals surface area contributed by atoms with Gasteiger partial charge in [-0.05, 0) is 56.4 Å². The zero-order chi connectivity index (χ0) is 15.6. The van der Waals surface area contributed by atoms with E-state index >= 15 is 0 Å². The first-order valence-corrected chi connectivity index (χ1v) is 8.35. The molecule has 0 N–H and O–H groups in total. The minimum Gasteiger partial charge on any atom is -0.299 e. The first kappa shape index (κ1) is 16.3. The third-order valence-corrected chi connectivity index (χ3v) is 5.07.